The number of hydrogen-bond donors (Lipinski definition) is 1. The molecule has 158 valence electrons. The Morgan fingerprint density at radius 3 is 2.07 bits per heavy atom. The number of thiocarbonyl (C=S) groups is 1. The van der Waals surface area contributed by atoms with E-state index in [-0.39, 0.29) is 11.1 Å². The van der Waals surface area contributed by atoms with E-state index in [0.29, 0.717) is 16.8 Å². The molecule has 9 heteroatoms. The lowest BCUT2D eigenvalue weighted by molar-refractivity contribution is 0.0599. The first-order chi connectivity index (χ1) is 14.0. The highest BCUT2D eigenvalue weighted by molar-refractivity contribution is 7.99. The number of esters is 2. The van der Waals surface area contributed by atoms with Gasteiger partial charge in [0.2, 0.25) is 0 Å². The Balaban J connectivity index is 1.64. The summed E-state index contributed by atoms with van der Waals surface area (Å²) in [5, 5.41) is 3.75. The fraction of sp³-hybridized carbons (Fsp3) is 0.550. The summed E-state index contributed by atoms with van der Waals surface area (Å²) < 4.78 is 9.56. The summed E-state index contributed by atoms with van der Waals surface area (Å²) in [6.45, 7) is 3.70. The number of carbonyl (C=O) groups excluding carboxylic acids is 2. The lowest BCUT2D eigenvalue weighted by Gasteiger charge is -2.41. The number of rotatable bonds is 4. The molecule has 0 saturated carbocycles. The van der Waals surface area contributed by atoms with Crippen LogP contribution in [-0.4, -0.2) is 84.8 Å². The summed E-state index contributed by atoms with van der Waals surface area (Å²) >= 11 is 7.63. The van der Waals surface area contributed by atoms with E-state index < -0.39 is 11.9 Å². The average molecular weight is 438 g/mol. The van der Waals surface area contributed by atoms with Gasteiger partial charge in [-0.1, -0.05) is 0 Å². The van der Waals surface area contributed by atoms with Gasteiger partial charge in [-0.3, -0.25) is 4.90 Å². The lowest BCUT2D eigenvalue weighted by atomic mass is 10.1. The zero-order chi connectivity index (χ0) is 20.8. The molecule has 29 heavy (non-hydrogen) atoms. The largest absolute Gasteiger partial charge is 0.465 e. The fourth-order valence-corrected chi connectivity index (χ4v) is 5.10. The van der Waals surface area contributed by atoms with Crippen molar-refractivity contribution in [2.75, 3.05) is 57.2 Å². The molecule has 0 amide bonds. The van der Waals surface area contributed by atoms with Crippen LogP contribution in [0.5, 0.6) is 0 Å². The third kappa shape index (κ3) is 5.61. The number of hydrogen-bond acceptors (Lipinski definition) is 7. The summed E-state index contributed by atoms with van der Waals surface area (Å²) in [7, 11) is 2.60. The third-order valence-electron chi connectivity index (χ3n) is 5.34. The first-order valence-electron chi connectivity index (χ1n) is 9.71. The van der Waals surface area contributed by atoms with Gasteiger partial charge in [0.25, 0.3) is 0 Å². The molecule has 7 nitrogen and oxygen atoms in total. The van der Waals surface area contributed by atoms with Crippen LogP contribution in [0.4, 0.5) is 5.69 Å². The van der Waals surface area contributed by atoms with E-state index in [9.17, 15) is 9.59 Å². The molecule has 1 aromatic carbocycles. The van der Waals surface area contributed by atoms with Crippen molar-refractivity contribution in [2.24, 2.45) is 0 Å². The molecule has 0 spiro atoms. The van der Waals surface area contributed by atoms with Crippen molar-refractivity contribution in [3.63, 3.8) is 0 Å². The Hall–Kier alpha value is -1.84. The molecule has 3 rings (SSSR count). The molecule has 0 unspecified atom stereocenters. The zero-order valence-corrected chi connectivity index (χ0v) is 18.4. The van der Waals surface area contributed by atoms with Crippen molar-refractivity contribution in [2.45, 2.75) is 18.9 Å². The molecule has 1 aromatic rings. The molecule has 0 aliphatic carbocycles. The SMILES string of the molecule is COC(=O)c1cc(NC(=S)N2CCN(C3CCSCC3)CC2)cc(C(=O)OC)c1. The molecule has 0 atom stereocenters. The van der Waals surface area contributed by atoms with E-state index >= 15 is 0 Å². The van der Waals surface area contributed by atoms with Crippen molar-refractivity contribution in [3.8, 4) is 0 Å². The van der Waals surface area contributed by atoms with Crippen LogP contribution < -0.4 is 5.32 Å². The van der Waals surface area contributed by atoms with Gasteiger partial charge in [-0.05, 0) is 54.8 Å². The summed E-state index contributed by atoms with van der Waals surface area (Å²) in [5.41, 5.74) is 1.09. The maximum absolute atomic E-state index is 12.0. The van der Waals surface area contributed by atoms with Crippen molar-refractivity contribution in [3.05, 3.63) is 29.3 Å². The molecule has 2 heterocycles. The van der Waals surface area contributed by atoms with E-state index in [1.165, 1.54) is 44.6 Å². The van der Waals surface area contributed by atoms with Gasteiger partial charge in [-0.15, -0.1) is 0 Å². The second-order valence-electron chi connectivity index (χ2n) is 7.08. The highest BCUT2D eigenvalue weighted by Crippen LogP contribution is 2.23. The van der Waals surface area contributed by atoms with Crippen LogP contribution in [0.2, 0.25) is 0 Å². The molecular weight excluding hydrogens is 410 g/mol. The van der Waals surface area contributed by atoms with Crippen LogP contribution >= 0.6 is 24.0 Å². The van der Waals surface area contributed by atoms with Crippen LogP contribution in [0.25, 0.3) is 0 Å². The molecule has 2 fully saturated rings. The minimum Gasteiger partial charge on any atom is -0.465 e. The maximum atomic E-state index is 12.0. The summed E-state index contributed by atoms with van der Waals surface area (Å²) in [4.78, 5) is 28.6. The number of nitrogens with zero attached hydrogens (tertiary/aromatic N) is 2. The van der Waals surface area contributed by atoms with E-state index in [4.69, 9.17) is 21.7 Å². The van der Waals surface area contributed by atoms with Crippen LogP contribution in [0.1, 0.15) is 33.6 Å². The third-order valence-corrected chi connectivity index (χ3v) is 6.74. The van der Waals surface area contributed by atoms with Gasteiger partial charge in [0.1, 0.15) is 0 Å². The van der Waals surface area contributed by atoms with Crippen LogP contribution in [0, 0.1) is 0 Å². The van der Waals surface area contributed by atoms with Gasteiger partial charge in [0.05, 0.1) is 25.3 Å². The molecular formula is C20H27N3O4S2. The Labute approximate surface area is 181 Å². The molecule has 1 N–H and O–H groups in total. The van der Waals surface area contributed by atoms with Crippen molar-refractivity contribution in [1.29, 1.82) is 0 Å². The Morgan fingerprint density at radius 1 is 1.00 bits per heavy atom. The topological polar surface area (TPSA) is 71.1 Å². The van der Waals surface area contributed by atoms with Gasteiger partial charge in [0.15, 0.2) is 5.11 Å². The standard InChI is InChI=1S/C20H27N3O4S2/c1-26-18(24)14-11-15(19(25)27-2)13-16(12-14)21-20(28)23-7-5-22(6-8-23)17-3-9-29-10-4-17/h11-13,17H,3-10H2,1-2H3,(H,21,28). The number of thioether (sulfide) groups is 1. The smallest absolute Gasteiger partial charge is 0.337 e. The average Bonchev–Trinajstić information content (AvgIpc) is 2.78. The number of nitrogens with one attached hydrogen (secondary N) is 1. The Morgan fingerprint density at radius 2 is 1.55 bits per heavy atom. The summed E-state index contributed by atoms with van der Waals surface area (Å²) in [5.74, 6) is 1.46. The van der Waals surface area contributed by atoms with Crippen LogP contribution in [0.15, 0.2) is 18.2 Å². The number of ether oxygens (including phenoxy) is 2. The number of carbonyl (C=O) groups is 2. The zero-order valence-electron chi connectivity index (χ0n) is 16.8. The number of benzene rings is 1. The van der Waals surface area contributed by atoms with Gasteiger partial charge in [-0.25, -0.2) is 9.59 Å². The highest BCUT2D eigenvalue weighted by Gasteiger charge is 2.26. The Bertz CT molecular complexity index is 726. The molecule has 0 bridgehead atoms. The fourth-order valence-electron chi connectivity index (χ4n) is 3.71. The Kier molecular flexibility index (Phi) is 7.74. The van der Waals surface area contributed by atoms with E-state index in [2.05, 4.69) is 15.1 Å². The lowest BCUT2D eigenvalue weighted by Crippen LogP contribution is -2.53. The number of methoxy groups -OCH3 is 2. The summed E-state index contributed by atoms with van der Waals surface area (Å²) in [6, 6.07) is 5.40. The first-order valence-corrected chi connectivity index (χ1v) is 11.3. The van der Waals surface area contributed by atoms with Gasteiger partial charge in [-0.2, -0.15) is 11.8 Å². The van der Waals surface area contributed by atoms with E-state index in [1.54, 1.807) is 12.1 Å². The van der Waals surface area contributed by atoms with Gasteiger partial charge in [0, 0.05) is 37.9 Å². The van der Waals surface area contributed by atoms with E-state index in [1.807, 2.05) is 11.8 Å². The highest BCUT2D eigenvalue weighted by atomic mass is 32.2. The second kappa shape index (κ2) is 10.3. The normalized spacial score (nSPS) is 18.2. The van der Waals surface area contributed by atoms with Crippen LogP contribution in [0.3, 0.4) is 0 Å². The molecule has 2 aliphatic heterocycles. The minimum absolute atomic E-state index is 0.265. The minimum atomic E-state index is -0.524. The number of piperazine rings is 1. The van der Waals surface area contributed by atoms with Gasteiger partial charge >= 0.3 is 11.9 Å². The monoisotopic (exact) mass is 437 g/mol. The molecule has 2 saturated heterocycles. The maximum Gasteiger partial charge on any atom is 0.337 e. The predicted molar refractivity (Wildman–Crippen MR) is 119 cm³/mol. The van der Waals surface area contributed by atoms with E-state index in [0.717, 1.165) is 26.2 Å². The van der Waals surface area contributed by atoms with Gasteiger partial charge < -0.3 is 19.7 Å². The second-order valence-corrected chi connectivity index (χ2v) is 8.69. The molecule has 0 radical (unpaired) electrons. The molecule has 2 aliphatic rings. The van der Waals surface area contributed by atoms with Crippen molar-refractivity contribution < 1.29 is 19.1 Å². The predicted octanol–water partition coefficient (Wildman–Crippen LogP) is 2.47. The first kappa shape index (κ1) is 21.9. The van der Waals surface area contributed by atoms with Crippen molar-refractivity contribution >= 4 is 46.7 Å². The quantitative estimate of drug-likeness (QED) is 0.565. The number of anilines is 1. The molecule has 0 aromatic heterocycles. The van der Waals surface area contributed by atoms with Crippen molar-refractivity contribution in [1.82, 2.24) is 9.80 Å². The van der Waals surface area contributed by atoms with Crippen LogP contribution in [-0.2, 0) is 9.47 Å². The summed E-state index contributed by atoms with van der Waals surface area (Å²) in [6.07, 6.45) is 2.54.